The Morgan fingerprint density at radius 2 is 1.62 bits per heavy atom. The van der Waals surface area contributed by atoms with Crippen molar-refractivity contribution in [3.05, 3.63) is 47.3 Å². The van der Waals surface area contributed by atoms with Crippen LogP contribution in [0.5, 0.6) is 5.75 Å². The molecule has 2 unspecified atom stereocenters. The van der Waals surface area contributed by atoms with E-state index in [0.717, 1.165) is 18.4 Å². The summed E-state index contributed by atoms with van der Waals surface area (Å²) in [7, 11) is 0. The Morgan fingerprint density at radius 1 is 1.03 bits per heavy atom. The van der Waals surface area contributed by atoms with Gasteiger partial charge in [0.05, 0.1) is 6.54 Å². The van der Waals surface area contributed by atoms with Gasteiger partial charge in [-0.05, 0) is 53.9 Å². The van der Waals surface area contributed by atoms with Crippen LogP contribution in [-0.2, 0) is 12.4 Å². The number of hydrogen-bond acceptors (Lipinski definition) is 7. The number of rotatable bonds is 6. The van der Waals surface area contributed by atoms with Crippen molar-refractivity contribution in [2.45, 2.75) is 53.7 Å². The Bertz CT molecular complexity index is 1240. The summed E-state index contributed by atoms with van der Waals surface area (Å²) in [6.45, 7) is 6.70. The molecule has 1 aromatic carbocycles. The first-order valence-electron chi connectivity index (χ1n) is 11.7. The third-order valence-corrected chi connectivity index (χ3v) is 6.98. The van der Waals surface area contributed by atoms with Gasteiger partial charge in [0.2, 0.25) is 13.7 Å². The van der Waals surface area contributed by atoms with Crippen molar-refractivity contribution >= 4 is 93.9 Å². The first-order valence-corrected chi connectivity index (χ1v) is 14.0. The maximum absolute atomic E-state index is 12.6. The van der Waals surface area contributed by atoms with Crippen LogP contribution in [0, 0.1) is 10.8 Å². The van der Waals surface area contributed by atoms with Gasteiger partial charge in [-0.3, -0.25) is 0 Å². The summed E-state index contributed by atoms with van der Waals surface area (Å²) in [6.07, 6.45) is 6.60. The van der Waals surface area contributed by atoms with Gasteiger partial charge in [0, 0.05) is 6.04 Å². The van der Waals surface area contributed by atoms with E-state index in [9.17, 15) is 9.59 Å². The smallest absolute Gasteiger partial charge is 0.410 e. The molecular formula is C25H25Cl6N5O3. The maximum atomic E-state index is 12.6. The van der Waals surface area contributed by atoms with Crippen LogP contribution in [0.15, 0.2) is 29.3 Å². The highest BCUT2D eigenvalue weighted by Crippen LogP contribution is 2.46. The number of halogens is 6. The van der Waals surface area contributed by atoms with Crippen LogP contribution in [0.1, 0.15) is 63.1 Å². The van der Waals surface area contributed by atoms with E-state index in [0.29, 0.717) is 18.7 Å². The molecule has 1 heterocycles. The molecule has 0 bridgehead atoms. The van der Waals surface area contributed by atoms with E-state index in [4.69, 9.17) is 74.3 Å². The van der Waals surface area contributed by atoms with E-state index < -0.39 is 13.7 Å². The molecule has 0 saturated heterocycles. The number of benzene rings is 1. The zero-order valence-corrected chi connectivity index (χ0v) is 25.7. The molecular weight excluding hydrogens is 631 g/mol. The van der Waals surface area contributed by atoms with E-state index >= 15 is 0 Å². The number of aliphatic imine (C=N–C) groups is 1. The Morgan fingerprint density at radius 3 is 2.15 bits per heavy atom. The number of nitrogens with one attached hydrogen (secondary N) is 1. The lowest BCUT2D eigenvalue weighted by Gasteiger charge is -2.45. The molecule has 1 fully saturated rings. The highest BCUT2D eigenvalue weighted by atomic mass is 35.6. The molecule has 8 nitrogen and oxygen atoms in total. The van der Waals surface area contributed by atoms with Gasteiger partial charge in [0.25, 0.3) is 0 Å². The van der Waals surface area contributed by atoms with Gasteiger partial charge in [-0.25, -0.2) is 29.5 Å². The van der Waals surface area contributed by atoms with Gasteiger partial charge in [0.1, 0.15) is 5.75 Å². The van der Waals surface area contributed by atoms with Crippen molar-refractivity contribution < 1.29 is 14.3 Å². The molecule has 2 atom stereocenters. The molecule has 0 aliphatic heterocycles. The average Bonchev–Trinajstić information content (AvgIpc) is 2.79. The number of hydrogen-bond donors (Lipinski definition) is 1. The summed E-state index contributed by atoms with van der Waals surface area (Å²) in [6, 6.07) is 6.61. The van der Waals surface area contributed by atoms with E-state index in [-0.39, 0.29) is 34.3 Å². The van der Waals surface area contributed by atoms with Crippen LogP contribution in [0.3, 0.4) is 0 Å². The molecule has 3 rings (SSSR count). The van der Waals surface area contributed by atoms with Gasteiger partial charge < -0.3 is 10.1 Å². The average molecular weight is 656 g/mol. The van der Waals surface area contributed by atoms with Crippen molar-refractivity contribution in [3.63, 3.8) is 0 Å². The highest BCUT2D eigenvalue weighted by Gasteiger charge is 2.42. The lowest BCUT2D eigenvalue weighted by Crippen LogP contribution is -2.48. The Hall–Kier alpha value is -1.64. The van der Waals surface area contributed by atoms with Crippen LogP contribution in [0.4, 0.5) is 4.79 Å². The van der Waals surface area contributed by atoms with Crippen LogP contribution in [0.2, 0.25) is 0 Å². The summed E-state index contributed by atoms with van der Waals surface area (Å²) < 4.78 is 1.57. The molecule has 0 radical (unpaired) electrons. The number of amides is 1. The molecule has 1 aliphatic rings. The van der Waals surface area contributed by atoms with Crippen molar-refractivity contribution in [2.24, 2.45) is 15.8 Å². The van der Waals surface area contributed by atoms with Crippen LogP contribution >= 0.6 is 69.6 Å². The topological polar surface area (TPSA) is 106 Å². The third kappa shape index (κ3) is 9.75. The maximum Gasteiger partial charge on any atom is 0.412 e. The quantitative estimate of drug-likeness (QED) is 0.194. The molecule has 1 amide bonds. The number of aromatic nitrogens is 3. The minimum atomic E-state index is -1.95. The number of nitrogens with zero attached hydrogens (tertiary/aromatic N) is 4. The standard InChI is InChI=1S/C25H25Cl6N5O3/c1-22(2)10-16(11-23(3,12-22)13-32-14-37)33-21(38)39-17-7-4-15(5-8-17)6-9-18-34-19(24(26,27)28)36-20(35-18)25(29,30)31/h4-9,16H,10-13H2,1-3H3,(H,33,38). The summed E-state index contributed by atoms with van der Waals surface area (Å²) in [5.74, 6) is 0.0616. The van der Waals surface area contributed by atoms with Gasteiger partial charge >= 0.3 is 6.09 Å². The number of ether oxygens (including phenoxy) is 1. The third-order valence-electron chi connectivity index (χ3n) is 5.97. The van der Waals surface area contributed by atoms with Crippen LogP contribution < -0.4 is 10.1 Å². The summed E-state index contributed by atoms with van der Waals surface area (Å²) in [4.78, 5) is 39.1. The van der Waals surface area contributed by atoms with E-state index in [1.807, 2.05) is 0 Å². The molecule has 14 heteroatoms. The Balaban J connectivity index is 1.67. The molecule has 210 valence electrons. The number of carbonyl (C=O) groups is 1. The fourth-order valence-corrected chi connectivity index (χ4v) is 5.43. The van der Waals surface area contributed by atoms with E-state index in [1.54, 1.807) is 36.4 Å². The second-order valence-corrected chi connectivity index (χ2v) is 15.0. The van der Waals surface area contributed by atoms with Crippen LogP contribution in [0.25, 0.3) is 12.2 Å². The first-order chi connectivity index (χ1) is 18.0. The van der Waals surface area contributed by atoms with Crippen molar-refractivity contribution in [1.29, 1.82) is 0 Å². The fourth-order valence-electron chi connectivity index (χ4n) is 4.92. The molecule has 1 aliphatic carbocycles. The predicted molar refractivity (Wildman–Crippen MR) is 155 cm³/mol. The second-order valence-electron chi connectivity index (χ2n) is 10.4. The highest BCUT2D eigenvalue weighted by molar-refractivity contribution is 6.67. The lowest BCUT2D eigenvalue weighted by atomic mass is 9.62. The van der Waals surface area contributed by atoms with Crippen molar-refractivity contribution in [3.8, 4) is 5.75 Å². The van der Waals surface area contributed by atoms with Gasteiger partial charge in [-0.1, -0.05) is 109 Å². The first kappa shape index (κ1) is 31.9. The zero-order valence-electron chi connectivity index (χ0n) is 21.2. The Kier molecular flexibility index (Phi) is 10.2. The number of isocyanates is 1. The van der Waals surface area contributed by atoms with Crippen molar-refractivity contribution in [1.82, 2.24) is 20.3 Å². The largest absolute Gasteiger partial charge is 0.412 e. The van der Waals surface area contributed by atoms with Gasteiger partial charge in [-0.2, -0.15) is 0 Å². The van der Waals surface area contributed by atoms with Gasteiger partial charge in [-0.15, -0.1) is 0 Å². The van der Waals surface area contributed by atoms with Gasteiger partial charge in [0.15, 0.2) is 17.5 Å². The molecule has 1 saturated carbocycles. The minimum absolute atomic E-state index is 0.0328. The summed E-state index contributed by atoms with van der Waals surface area (Å²) in [5.41, 5.74) is 0.479. The molecule has 0 spiro atoms. The van der Waals surface area contributed by atoms with Crippen molar-refractivity contribution in [2.75, 3.05) is 6.54 Å². The molecule has 1 aromatic heterocycles. The molecule has 39 heavy (non-hydrogen) atoms. The molecule has 2 aromatic rings. The Labute approximate surface area is 256 Å². The number of alkyl halides is 6. The lowest BCUT2D eigenvalue weighted by molar-refractivity contribution is 0.0774. The summed E-state index contributed by atoms with van der Waals surface area (Å²) >= 11 is 35.4. The SMILES string of the molecule is CC1(C)CC(NC(=O)Oc2ccc(C=Cc3nc(C(Cl)(Cl)Cl)nc(C(Cl)(Cl)Cl)n3)cc2)CC(C)(CN=C=O)C1. The summed E-state index contributed by atoms with van der Waals surface area (Å²) in [5, 5.41) is 2.95. The second kappa shape index (κ2) is 12.5. The fraction of sp³-hybridized carbons (Fsp3) is 0.480. The monoisotopic (exact) mass is 653 g/mol. The zero-order chi connectivity index (χ0) is 29.1. The molecule has 1 N–H and O–H groups in total. The van der Waals surface area contributed by atoms with E-state index in [2.05, 4.69) is 46.0 Å². The predicted octanol–water partition coefficient (Wildman–Crippen LogP) is 7.70. The normalized spacial score (nSPS) is 21.3. The minimum Gasteiger partial charge on any atom is -0.410 e. The number of carbonyl (C=O) groups excluding carboxylic acids is 2. The van der Waals surface area contributed by atoms with Crippen LogP contribution in [-0.4, -0.2) is 39.7 Å². The van der Waals surface area contributed by atoms with E-state index in [1.165, 1.54) is 6.08 Å².